The maximum Gasteiger partial charge on any atom is 0.419 e. The van der Waals surface area contributed by atoms with Crippen LogP contribution in [0.3, 0.4) is 0 Å². The third-order valence-corrected chi connectivity index (χ3v) is 8.33. The van der Waals surface area contributed by atoms with Crippen molar-refractivity contribution in [2.75, 3.05) is 49.9 Å². The van der Waals surface area contributed by atoms with Gasteiger partial charge in [-0.3, -0.25) is 14.5 Å². The lowest BCUT2D eigenvalue weighted by Crippen LogP contribution is -2.42. The van der Waals surface area contributed by atoms with Crippen LogP contribution in [0, 0.1) is 5.82 Å². The zero-order valence-electron chi connectivity index (χ0n) is 22.0. The molecule has 0 spiro atoms. The van der Waals surface area contributed by atoms with E-state index in [-0.39, 0.29) is 42.6 Å². The molecule has 1 aromatic rings. The van der Waals surface area contributed by atoms with Gasteiger partial charge >= 0.3 is 18.2 Å². The van der Waals surface area contributed by atoms with Crippen molar-refractivity contribution in [1.29, 1.82) is 0 Å². The number of halogens is 1. The van der Waals surface area contributed by atoms with E-state index in [0.717, 1.165) is 24.8 Å². The normalized spacial score (nSPS) is 18.9. The molecule has 0 saturated carbocycles. The predicted molar refractivity (Wildman–Crippen MR) is 137 cm³/mol. The van der Waals surface area contributed by atoms with E-state index >= 15 is 0 Å². The van der Waals surface area contributed by atoms with Gasteiger partial charge in [-0.15, -0.1) is 0 Å². The Morgan fingerprint density at radius 1 is 1.18 bits per heavy atom. The summed E-state index contributed by atoms with van der Waals surface area (Å²) in [5.74, 6) is -1.98. The number of sulfone groups is 1. The number of rotatable bonds is 11. The monoisotopic (exact) mass is 571 g/mol. The molecule has 1 atom stereocenters. The number of nitrogens with one attached hydrogen (secondary N) is 1. The van der Waals surface area contributed by atoms with Gasteiger partial charge < -0.3 is 19.5 Å². The van der Waals surface area contributed by atoms with Gasteiger partial charge in [0, 0.05) is 13.3 Å². The Bertz CT molecular complexity index is 1160. The topological polar surface area (TPSA) is 149 Å². The second-order valence-electron chi connectivity index (χ2n) is 9.48. The summed E-state index contributed by atoms with van der Waals surface area (Å²) in [4.78, 5) is 50.6. The molecule has 2 saturated heterocycles. The van der Waals surface area contributed by atoms with Gasteiger partial charge in [0.25, 0.3) is 0 Å². The Labute approximate surface area is 226 Å². The number of cyclic esters (lactones) is 1. The summed E-state index contributed by atoms with van der Waals surface area (Å²) in [7, 11) is -1.28. The van der Waals surface area contributed by atoms with Crippen LogP contribution in [-0.2, 0) is 33.6 Å². The minimum Gasteiger partial charge on any atom is -0.442 e. The lowest BCUT2D eigenvalue weighted by molar-refractivity contribution is -0.152. The Morgan fingerprint density at radius 3 is 2.54 bits per heavy atom. The first-order chi connectivity index (χ1) is 18.5. The van der Waals surface area contributed by atoms with Crippen LogP contribution in [0.5, 0.6) is 0 Å². The van der Waals surface area contributed by atoms with E-state index in [1.54, 1.807) is 13.1 Å². The average Bonchev–Trinajstić information content (AvgIpc) is 3.25. The zero-order valence-corrected chi connectivity index (χ0v) is 22.8. The van der Waals surface area contributed by atoms with E-state index in [9.17, 15) is 32.0 Å². The molecule has 0 unspecified atom stereocenters. The molecule has 0 aromatic heterocycles. The summed E-state index contributed by atoms with van der Waals surface area (Å²) >= 11 is 0. The molecule has 216 valence electrons. The second kappa shape index (κ2) is 13.7. The van der Waals surface area contributed by atoms with Crippen molar-refractivity contribution < 1.29 is 46.2 Å². The van der Waals surface area contributed by atoms with Crippen molar-refractivity contribution in [3.63, 3.8) is 0 Å². The predicted octanol–water partition coefficient (Wildman–Crippen LogP) is 2.32. The summed E-state index contributed by atoms with van der Waals surface area (Å²) < 4.78 is 53.3. The Morgan fingerprint density at radius 2 is 1.90 bits per heavy atom. The Hall–Kier alpha value is -3.26. The quantitative estimate of drug-likeness (QED) is 0.238. The summed E-state index contributed by atoms with van der Waals surface area (Å²) in [6.07, 6.45) is -0.537. The molecule has 2 fully saturated rings. The van der Waals surface area contributed by atoms with Gasteiger partial charge in [-0.05, 0) is 62.9 Å². The summed E-state index contributed by atoms with van der Waals surface area (Å²) in [6.45, 7) is 0.855. The number of imide groups is 1. The summed E-state index contributed by atoms with van der Waals surface area (Å²) in [5.41, 5.74) is 0.618. The molecular formula is C25H34FN3O9S. The fourth-order valence-corrected chi connectivity index (χ4v) is 5.94. The van der Waals surface area contributed by atoms with Crippen LogP contribution in [0.1, 0.15) is 50.5 Å². The lowest BCUT2D eigenvalue weighted by atomic mass is 9.93. The molecule has 1 aromatic carbocycles. The smallest absolute Gasteiger partial charge is 0.419 e. The maximum absolute atomic E-state index is 14.9. The van der Waals surface area contributed by atoms with Gasteiger partial charge in [-0.2, -0.15) is 0 Å². The second-order valence-corrected chi connectivity index (χ2v) is 11.8. The molecular weight excluding hydrogens is 537 g/mol. The van der Waals surface area contributed by atoms with E-state index < -0.39 is 52.6 Å². The fourth-order valence-electron chi connectivity index (χ4n) is 4.45. The number of hydrogen-bond acceptors (Lipinski definition) is 10. The Balaban J connectivity index is 1.53. The number of nitrogens with zero attached hydrogens (tertiary/aromatic N) is 2. The number of benzene rings is 1. The molecule has 0 radical (unpaired) electrons. The van der Waals surface area contributed by atoms with Crippen LogP contribution in [0.15, 0.2) is 18.2 Å². The summed E-state index contributed by atoms with van der Waals surface area (Å²) in [6, 6.07) is 4.27. The van der Waals surface area contributed by atoms with E-state index in [1.165, 1.54) is 17.0 Å². The lowest BCUT2D eigenvalue weighted by Gasteiger charge is -2.23. The highest BCUT2D eigenvalue weighted by atomic mass is 32.2. The van der Waals surface area contributed by atoms with Gasteiger partial charge in [-0.1, -0.05) is 6.07 Å². The zero-order chi connectivity index (χ0) is 28.6. The van der Waals surface area contributed by atoms with Gasteiger partial charge in [-0.25, -0.2) is 27.3 Å². The molecule has 2 heterocycles. The number of ether oxygens (including phenoxy) is 3. The molecule has 3 rings (SSSR count). The van der Waals surface area contributed by atoms with Crippen molar-refractivity contribution >= 4 is 39.6 Å². The highest BCUT2D eigenvalue weighted by molar-refractivity contribution is 7.91. The highest BCUT2D eigenvalue weighted by Gasteiger charge is 2.36. The van der Waals surface area contributed by atoms with Crippen LogP contribution >= 0.6 is 0 Å². The minimum absolute atomic E-state index is 0.00741. The van der Waals surface area contributed by atoms with E-state index in [1.807, 2.05) is 0 Å². The van der Waals surface area contributed by atoms with E-state index in [2.05, 4.69) is 5.32 Å². The number of amides is 3. The highest BCUT2D eigenvalue weighted by Crippen LogP contribution is 2.33. The molecule has 2 aliphatic heterocycles. The first kappa shape index (κ1) is 30.3. The maximum atomic E-state index is 14.9. The standard InChI is InChI=1S/C25H34FN3O9S/c1-17(30)28(24(32)37-16-36-23(31)5-3-4-10-27-2)14-20-15-29(25(33)38-20)19-6-7-21(22(26)13-19)18-8-11-39(34,35)12-9-18/h6-7,13,18,20,27H,3-5,8-12,14-16H2,1-2H3/t20-/m0/s1. The molecule has 0 aliphatic carbocycles. The molecule has 12 nitrogen and oxygen atoms in total. The van der Waals surface area contributed by atoms with Crippen molar-refractivity contribution in [2.45, 2.75) is 51.0 Å². The van der Waals surface area contributed by atoms with Crippen molar-refractivity contribution in [3.05, 3.63) is 29.6 Å². The van der Waals surface area contributed by atoms with Crippen LogP contribution in [0.4, 0.5) is 19.7 Å². The van der Waals surface area contributed by atoms with E-state index in [4.69, 9.17) is 14.2 Å². The number of carbonyl (C=O) groups excluding carboxylic acids is 4. The fraction of sp³-hybridized carbons (Fsp3) is 0.600. The Kier molecular flexibility index (Phi) is 10.6. The number of carbonyl (C=O) groups is 4. The molecule has 14 heteroatoms. The number of hydrogen-bond donors (Lipinski definition) is 1. The number of anilines is 1. The first-order valence-electron chi connectivity index (χ1n) is 12.7. The number of unbranched alkanes of at least 4 members (excludes halogenated alkanes) is 1. The third-order valence-electron chi connectivity index (χ3n) is 6.61. The SMILES string of the molecule is CNCCCCC(=O)OCOC(=O)N(C[C@H]1CN(c2ccc(C3CCS(=O)(=O)CC3)c(F)c2)C(=O)O1)C(C)=O. The van der Waals surface area contributed by atoms with Crippen molar-refractivity contribution in [2.24, 2.45) is 0 Å². The van der Waals surface area contributed by atoms with Crippen LogP contribution in [0.2, 0.25) is 0 Å². The molecule has 2 aliphatic rings. The van der Waals surface area contributed by atoms with Gasteiger partial charge in [0.1, 0.15) is 21.8 Å². The average molecular weight is 572 g/mol. The van der Waals surface area contributed by atoms with Crippen molar-refractivity contribution in [3.8, 4) is 0 Å². The molecule has 39 heavy (non-hydrogen) atoms. The van der Waals surface area contributed by atoms with Gasteiger partial charge in [0.15, 0.2) is 0 Å². The molecule has 1 N–H and O–H groups in total. The largest absolute Gasteiger partial charge is 0.442 e. The van der Waals surface area contributed by atoms with Gasteiger partial charge in [0.2, 0.25) is 12.7 Å². The van der Waals surface area contributed by atoms with Crippen LogP contribution in [0.25, 0.3) is 0 Å². The molecule has 0 bridgehead atoms. The van der Waals surface area contributed by atoms with Gasteiger partial charge in [0.05, 0.1) is 30.3 Å². The van der Waals surface area contributed by atoms with Crippen LogP contribution < -0.4 is 10.2 Å². The van der Waals surface area contributed by atoms with Crippen molar-refractivity contribution in [1.82, 2.24) is 10.2 Å². The van der Waals surface area contributed by atoms with Crippen LogP contribution in [-0.4, -0.2) is 88.5 Å². The third kappa shape index (κ3) is 8.62. The summed E-state index contributed by atoms with van der Waals surface area (Å²) in [5, 5.41) is 2.96. The minimum atomic E-state index is -3.08. The number of esters is 1. The van der Waals surface area contributed by atoms with E-state index in [0.29, 0.717) is 24.8 Å². The molecule has 3 amide bonds. The first-order valence-corrected chi connectivity index (χ1v) is 14.6.